The summed E-state index contributed by atoms with van der Waals surface area (Å²) in [6.45, 7) is 30.7. The molecule has 206 valence electrons. The molecule has 3 aromatic rings. The molecule has 2 heterocycles. The smallest absolute Gasteiger partial charge is 0.270 e. The minimum Gasteiger partial charge on any atom is -0.361 e. The van der Waals surface area contributed by atoms with Gasteiger partial charge in [-0.2, -0.15) is 15.8 Å². The van der Waals surface area contributed by atoms with E-state index in [1.165, 1.54) is 6.07 Å². The summed E-state index contributed by atoms with van der Waals surface area (Å²) in [5.41, 5.74) is -5.21. The number of benzene rings is 1. The van der Waals surface area contributed by atoms with Crippen molar-refractivity contribution < 1.29 is 8.78 Å². The fourth-order valence-corrected chi connectivity index (χ4v) is 5.35. The summed E-state index contributed by atoms with van der Waals surface area (Å²) in [6, 6.07) is 12.2. The van der Waals surface area contributed by atoms with Crippen molar-refractivity contribution in [1.82, 2.24) is 9.97 Å². The van der Waals surface area contributed by atoms with Gasteiger partial charge in [0, 0.05) is 33.4 Å². The summed E-state index contributed by atoms with van der Waals surface area (Å²) in [7, 11) is 0. The predicted octanol–water partition coefficient (Wildman–Crippen LogP) is 6.61. The van der Waals surface area contributed by atoms with Crippen LogP contribution >= 0.6 is 0 Å². The number of hydrogen-bond acceptors (Lipinski definition) is 7. The Kier molecular flexibility index (Phi) is 7.12. The lowest BCUT2D eigenvalue weighted by Gasteiger charge is -2.14. The van der Waals surface area contributed by atoms with Gasteiger partial charge in [0.25, 0.3) is 17.2 Å². The minimum atomic E-state index is -1.02. The maximum absolute atomic E-state index is 15.3. The molecule has 1 aromatic carbocycles. The molecule has 2 aliphatic carbocycles. The summed E-state index contributed by atoms with van der Waals surface area (Å²) in [5, 5.41) is 50.2. The molecule has 2 aromatic heterocycles. The van der Waals surface area contributed by atoms with Gasteiger partial charge in [0.15, 0.2) is 12.0 Å². The first kappa shape index (κ1) is 29.2. The third kappa shape index (κ3) is 4.01. The van der Waals surface area contributed by atoms with Crippen LogP contribution in [0.25, 0.3) is 52.9 Å². The van der Waals surface area contributed by atoms with Crippen molar-refractivity contribution in [3.05, 3.63) is 144 Å². The molecule has 0 aliphatic heterocycles. The lowest BCUT2D eigenvalue weighted by molar-refractivity contribution is 0.617. The van der Waals surface area contributed by atoms with Crippen LogP contribution in [0.15, 0.2) is 42.0 Å². The zero-order valence-electron chi connectivity index (χ0n) is 22.6. The van der Waals surface area contributed by atoms with Gasteiger partial charge >= 0.3 is 0 Å². The Morgan fingerprint density at radius 1 is 0.652 bits per heavy atom. The van der Waals surface area contributed by atoms with Gasteiger partial charge in [-0.15, -0.1) is 4.98 Å². The van der Waals surface area contributed by atoms with Gasteiger partial charge in [-0.3, -0.25) is 0 Å². The molecule has 0 amide bonds. The quantitative estimate of drug-likeness (QED) is 0.239. The molecule has 0 spiro atoms. The summed E-state index contributed by atoms with van der Waals surface area (Å²) in [6.07, 6.45) is 1.44. The molecule has 0 bridgehead atoms. The lowest BCUT2D eigenvalue weighted by Crippen LogP contribution is -1.99. The molecular formula is C33H5F2N11. The van der Waals surface area contributed by atoms with E-state index >= 15 is 8.78 Å². The van der Waals surface area contributed by atoms with Crippen molar-refractivity contribution in [3.63, 3.8) is 0 Å². The molecule has 0 fully saturated rings. The SMILES string of the molecule is [C-]#[N+]C1=C(c2cc([N+]#[C-])ncc2F)/C(=C(/C#N)[N+]#[C-])c2cc3c(c(C#N)c21)C(C#N)=C(c1cc(C#N)ncc1F)/C3=C(\C#N)[N+]#[C-]. The molecule has 2 aliphatic rings. The first-order valence-corrected chi connectivity index (χ1v) is 12.3. The standard InChI is InChI=1S/C33H5F2N11/c1-41-24(11-39)30-18-6-19-29(21(10-38)27(18)20(9-37)28(30)16-5-15(8-36)45-13-22(16)34)33(44-4)32(31(19)25(12-40)42-2)17-7-26(43-3)46-14-23(17)35/h5-7,13-14H/b30-24+,31-25-. The van der Waals surface area contributed by atoms with E-state index < -0.39 is 28.7 Å². The highest BCUT2D eigenvalue weighted by atomic mass is 19.1. The van der Waals surface area contributed by atoms with E-state index in [-0.39, 0.29) is 78.3 Å². The maximum atomic E-state index is 15.3. The van der Waals surface area contributed by atoms with Crippen LogP contribution in [0.3, 0.4) is 0 Å². The van der Waals surface area contributed by atoms with Gasteiger partial charge in [0.05, 0.1) is 55.3 Å². The molecule has 5 rings (SSSR count). The van der Waals surface area contributed by atoms with Crippen LogP contribution in [-0.4, -0.2) is 9.97 Å². The average Bonchev–Trinajstić information content (AvgIpc) is 3.58. The van der Waals surface area contributed by atoms with E-state index in [1.54, 1.807) is 18.2 Å². The van der Waals surface area contributed by atoms with Crippen LogP contribution in [-0.2, 0) is 0 Å². The second-order valence-corrected chi connectivity index (χ2v) is 9.10. The number of aromatic nitrogens is 2. The Bertz CT molecular complexity index is 2340. The first-order valence-electron chi connectivity index (χ1n) is 12.3. The maximum Gasteiger partial charge on any atom is 0.270 e. The highest BCUT2D eigenvalue weighted by Crippen LogP contribution is 2.57. The number of allylic oxidation sites excluding steroid dienone is 7. The fourth-order valence-electron chi connectivity index (χ4n) is 5.35. The second-order valence-electron chi connectivity index (χ2n) is 9.10. The van der Waals surface area contributed by atoms with E-state index in [0.717, 1.165) is 18.3 Å². The third-order valence-electron chi connectivity index (χ3n) is 7.05. The average molecular weight is 593 g/mol. The first-order chi connectivity index (χ1) is 22.3. The Hall–Kier alpha value is -8.25. The molecule has 0 unspecified atom stereocenters. The predicted molar refractivity (Wildman–Crippen MR) is 155 cm³/mol. The van der Waals surface area contributed by atoms with Gasteiger partial charge in [0.1, 0.15) is 23.6 Å². The molecule has 0 saturated carbocycles. The van der Waals surface area contributed by atoms with Gasteiger partial charge in [0.2, 0.25) is 5.70 Å². The van der Waals surface area contributed by atoms with E-state index in [9.17, 15) is 26.3 Å². The number of nitrogens with zero attached hydrogens (tertiary/aromatic N) is 11. The van der Waals surface area contributed by atoms with Crippen molar-refractivity contribution >= 4 is 39.4 Å². The Morgan fingerprint density at radius 3 is 1.76 bits per heavy atom. The topological polar surface area (TPSA) is 162 Å². The van der Waals surface area contributed by atoms with Crippen LogP contribution in [0, 0.1) is 94.6 Å². The largest absolute Gasteiger partial charge is 0.361 e. The Balaban J connectivity index is 2.07. The van der Waals surface area contributed by atoms with E-state index in [2.05, 4.69) is 29.3 Å². The Labute approximate surface area is 258 Å². The highest BCUT2D eigenvalue weighted by Gasteiger charge is 2.41. The molecule has 0 atom stereocenters. The van der Waals surface area contributed by atoms with E-state index in [0.29, 0.717) is 6.20 Å². The Morgan fingerprint density at radius 2 is 1.24 bits per heavy atom. The summed E-state index contributed by atoms with van der Waals surface area (Å²) >= 11 is 0. The van der Waals surface area contributed by atoms with Gasteiger partial charge in [-0.05, 0) is 40.5 Å². The number of hydrogen-bond donors (Lipinski definition) is 0. The summed E-state index contributed by atoms with van der Waals surface area (Å²) in [4.78, 5) is 20.5. The molecule has 0 radical (unpaired) electrons. The van der Waals surface area contributed by atoms with Gasteiger partial charge < -0.3 is 4.85 Å². The fraction of sp³-hybridized carbons (Fsp3) is 0. The zero-order valence-corrected chi connectivity index (χ0v) is 22.6. The monoisotopic (exact) mass is 593 g/mol. The zero-order chi connectivity index (χ0) is 33.3. The van der Waals surface area contributed by atoms with Crippen LogP contribution in [0.4, 0.5) is 14.6 Å². The number of halogens is 2. The molecule has 46 heavy (non-hydrogen) atoms. The molecular weight excluding hydrogens is 588 g/mol. The normalized spacial score (nSPS) is 14.5. The highest BCUT2D eigenvalue weighted by molar-refractivity contribution is 6.30. The van der Waals surface area contributed by atoms with Crippen molar-refractivity contribution in [3.8, 4) is 30.3 Å². The van der Waals surface area contributed by atoms with Crippen LogP contribution in [0.2, 0.25) is 0 Å². The number of pyridine rings is 2. The number of nitriles is 5. The molecule has 13 heteroatoms. The van der Waals surface area contributed by atoms with E-state index in [1.807, 2.05) is 12.1 Å². The van der Waals surface area contributed by atoms with Crippen molar-refractivity contribution in [2.45, 2.75) is 0 Å². The van der Waals surface area contributed by atoms with E-state index in [4.69, 9.17) is 26.3 Å². The van der Waals surface area contributed by atoms with Crippen molar-refractivity contribution in [1.29, 1.82) is 26.3 Å². The van der Waals surface area contributed by atoms with Crippen LogP contribution < -0.4 is 0 Å². The van der Waals surface area contributed by atoms with Crippen LogP contribution in [0.5, 0.6) is 0 Å². The van der Waals surface area contributed by atoms with Gasteiger partial charge in [-0.25, -0.2) is 38.8 Å². The van der Waals surface area contributed by atoms with Crippen molar-refractivity contribution in [2.24, 2.45) is 0 Å². The van der Waals surface area contributed by atoms with Crippen molar-refractivity contribution in [2.75, 3.05) is 0 Å². The molecule has 0 saturated heterocycles. The lowest BCUT2D eigenvalue weighted by atomic mass is 9.88. The minimum absolute atomic E-state index is 0.115. The second kappa shape index (κ2) is 11.2. The summed E-state index contributed by atoms with van der Waals surface area (Å²) in [5.74, 6) is -2.30. The molecule has 11 nitrogen and oxygen atoms in total. The summed E-state index contributed by atoms with van der Waals surface area (Å²) < 4.78 is 30.6. The number of fused-ring (bicyclic) bond motifs is 2. The van der Waals surface area contributed by atoms with Crippen LogP contribution in [0.1, 0.15) is 44.6 Å². The number of rotatable bonds is 2. The van der Waals surface area contributed by atoms with Gasteiger partial charge in [-0.1, -0.05) is 6.57 Å². The molecule has 0 N–H and O–H groups in total. The third-order valence-corrected chi connectivity index (χ3v) is 7.05.